The van der Waals surface area contributed by atoms with Crippen molar-refractivity contribution in [2.75, 3.05) is 13.2 Å². The molecule has 0 aromatic carbocycles. The summed E-state index contributed by atoms with van der Waals surface area (Å²) >= 11 is 0. The van der Waals surface area contributed by atoms with Gasteiger partial charge in [-0.1, -0.05) is 0 Å². The van der Waals surface area contributed by atoms with Crippen molar-refractivity contribution in [1.29, 1.82) is 0 Å². The molecule has 0 saturated carbocycles. The number of alkyl halides is 9. The van der Waals surface area contributed by atoms with Gasteiger partial charge in [0.15, 0.2) is 0 Å². The summed E-state index contributed by atoms with van der Waals surface area (Å²) in [4.78, 5) is 0. The van der Waals surface area contributed by atoms with Crippen molar-refractivity contribution >= 4 is 0 Å². The highest BCUT2D eigenvalue weighted by Gasteiger charge is 2.67. The summed E-state index contributed by atoms with van der Waals surface area (Å²) in [7, 11) is 0. The van der Waals surface area contributed by atoms with E-state index in [1.54, 1.807) is 0 Å². The first-order chi connectivity index (χ1) is 9.27. The molecule has 2 fully saturated rings. The number of ether oxygens (including phenoxy) is 2. The van der Waals surface area contributed by atoms with E-state index in [4.69, 9.17) is 0 Å². The molecule has 0 aliphatic carbocycles. The standard InChI is InChI=1S/C7H9F5O.C3H2F4O.FH/c8-6(9,4-7(10,11)12)5-2-1-3-13-5;4-2(5)1-8-3(2,6)7;/h5H,1-4H2;1H2;1H. The molecule has 1 atom stereocenters. The zero-order valence-electron chi connectivity index (χ0n) is 10.7. The molecule has 134 valence electrons. The molecule has 2 heterocycles. The average Bonchev–Trinajstić information content (AvgIpc) is 2.79. The normalized spacial score (nSPS) is 26.3. The van der Waals surface area contributed by atoms with Gasteiger partial charge in [0.2, 0.25) is 0 Å². The Balaban J connectivity index is 0.000000423. The molecule has 0 amide bonds. The van der Waals surface area contributed by atoms with Crippen LogP contribution in [0.1, 0.15) is 19.3 Å². The van der Waals surface area contributed by atoms with Crippen molar-refractivity contribution in [3.63, 3.8) is 0 Å². The van der Waals surface area contributed by atoms with Crippen molar-refractivity contribution in [3.8, 4) is 0 Å². The van der Waals surface area contributed by atoms with Crippen LogP contribution in [0, 0.1) is 0 Å². The molecule has 0 spiro atoms. The maximum absolute atomic E-state index is 12.8. The highest BCUT2D eigenvalue weighted by molar-refractivity contribution is 4.85. The van der Waals surface area contributed by atoms with Crippen molar-refractivity contribution < 1.29 is 53.7 Å². The van der Waals surface area contributed by atoms with Gasteiger partial charge in [-0.3, -0.25) is 4.70 Å². The van der Waals surface area contributed by atoms with Gasteiger partial charge in [0.1, 0.15) is 19.1 Å². The summed E-state index contributed by atoms with van der Waals surface area (Å²) in [5.41, 5.74) is 0. The van der Waals surface area contributed by atoms with E-state index in [1.165, 1.54) is 0 Å². The van der Waals surface area contributed by atoms with Gasteiger partial charge in [-0.2, -0.15) is 30.7 Å². The second-order valence-corrected chi connectivity index (χ2v) is 4.56. The Bertz CT molecular complexity index is 334. The molecular weight excluding hydrogens is 342 g/mol. The van der Waals surface area contributed by atoms with Crippen LogP contribution >= 0.6 is 0 Å². The Labute approximate surface area is 117 Å². The highest BCUT2D eigenvalue weighted by Crippen LogP contribution is 2.43. The Hall–Kier alpha value is -0.780. The van der Waals surface area contributed by atoms with Crippen LogP contribution in [-0.2, 0) is 9.47 Å². The summed E-state index contributed by atoms with van der Waals surface area (Å²) in [6.07, 6.45) is -12.3. The lowest BCUT2D eigenvalue weighted by molar-refractivity contribution is -0.441. The SMILES string of the molecule is F.FC(F)(F)CC(F)(F)C1CCCO1.FC1(F)COC1(F)F. The van der Waals surface area contributed by atoms with Crippen molar-refractivity contribution in [2.45, 2.75) is 49.5 Å². The molecule has 0 bridgehead atoms. The molecule has 0 aromatic heterocycles. The average molecular weight is 354 g/mol. The van der Waals surface area contributed by atoms with Gasteiger partial charge in [0.25, 0.3) is 5.92 Å². The molecule has 0 radical (unpaired) electrons. The van der Waals surface area contributed by atoms with Gasteiger partial charge >= 0.3 is 18.2 Å². The monoisotopic (exact) mass is 354 g/mol. The van der Waals surface area contributed by atoms with Gasteiger partial charge in [0, 0.05) is 6.61 Å². The molecule has 0 aromatic rings. The first-order valence-electron chi connectivity index (χ1n) is 5.73. The fraction of sp³-hybridized carbons (Fsp3) is 1.00. The fourth-order valence-corrected chi connectivity index (χ4v) is 1.58. The second kappa shape index (κ2) is 6.77. The number of hydrogen-bond acceptors (Lipinski definition) is 2. The second-order valence-electron chi connectivity index (χ2n) is 4.56. The smallest absolute Gasteiger partial charge is 0.372 e. The van der Waals surface area contributed by atoms with Gasteiger partial charge in [-0.15, -0.1) is 0 Å². The van der Waals surface area contributed by atoms with Crippen LogP contribution < -0.4 is 0 Å². The minimum absolute atomic E-state index is 0. The molecule has 2 aliphatic rings. The first-order valence-corrected chi connectivity index (χ1v) is 5.73. The third-order valence-electron chi connectivity index (χ3n) is 2.70. The van der Waals surface area contributed by atoms with Crippen LogP contribution in [0.2, 0.25) is 0 Å². The summed E-state index contributed by atoms with van der Waals surface area (Å²) in [5.74, 6) is -7.72. The molecule has 2 nitrogen and oxygen atoms in total. The summed E-state index contributed by atoms with van der Waals surface area (Å²) in [6, 6.07) is 0. The zero-order valence-corrected chi connectivity index (χ0v) is 10.7. The number of halogens is 10. The van der Waals surface area contributed by atoms with E-state index in [9.17, 15) is 39.5 Å². The topological polar surface area (TPSA) is 18.5 Å². The zero-order chi connectivity index (χ0) is 16.5. The van der Waals surface area contributed by atoms with E-state index in [-0.39, 0.29) is 17.7 Å². The first kappa shape index (κ1) is 21.2. The predicted molar refractivity (Wildman–Crippen MR) is 52.9 cm³/mol. The van der Waals surface area contributed by atoms with Crippen molar-refractivity contribution in [3.05, 3.63) is 0 Å². The van der Waals surface area contributed by atoms with E-state index in [0.717, 1.165) is 0 Å². The highest BCUT2D eigenvalue weighted by atomic mass is 19.4. The van der Waals surface area contributed by atoms with E-state index in [2.05, 4.69) is 9.47 Å². The molecule has 2 saturated heterocycles. The van der Waals surface area contributed by atoms with Crippen LogP contribution in [0.25, 0.3) is 0 Å². The minimum atomic E-state index is -4.84. The predicted octanol–water partition coefficient (Wildman–Crippen LogP) is 4.15. The molecule has 0 N–H and O–H groups in total. The molecular formula is C10H12F10O2. The van der Waals surface area contributed by atoms with E-state index in [0.29, 0.717) is 6.42 Å². The Morgan fingerprint density at radius 2 is 1.50 bits per heavy atom. The molecule has 12 heteroatoms. The van der Waals surface area contributed by atoms with Crippen LogP contribution in [0.4, 0.5) is 44.2 Å². The van der Waals surface area contributed by atoms with E-state index in [1.807, 2.05) is 0 Å². The quantitative estimate of drug-likeness (QED) is 0.694. The van der Waals surface area contributed by atoms with Crippen LogP contribution in [0.15, 0.2) is 0 Å². The maximum Gasteiger partial charge on any atom is 0.422 e. The van der Waals surface area contributed by atoms with Gasteiger partial charge < -0.3 is 9.47 Å². The molecule has 1 unspecified atom stereocenters. The van der Waals surface area contributed by atoms with Crippen molar-refractivity contribution in [2.24, 2.45) is 0 Å². The van der Waals surface area contributed by atoms with E-state index < -0.39 is 43.3 Å². The fourth-order valence-electron chi connectivity index (χ4n) is 1.58. The largest absolute Gasteiger partial charge is 0.422 e. The van der Waals surface area contributed by atoms with Gasteiger partial charge in [-0.05, 0) is 12.8 Å². The minimum Gasteiger partial charge on any atom is -0.372 e. The van der Waals surface area contributed by atoms with Gasteiger partial charge in [0.05, 0.1) is 0 Å². The molecule has 2 rings (SSSR count). The van der Waals surface area contributed by atoms with Crippen LogP contribution in [0.3, 0.4) is 0 Å². The lowest BCUT2D eigenvalue weighted by Gasteiger charge is -2.34. The maximum atomic E-state index is 12.8. The van der Waals surface area contributed by atoms with Gasteiger partial charge in [-0.25, -0.2) is 8.78 Å². The van der Waals surface area contributed by atoms with Crippen molar-refractivity contribution in [1.82, 2.24) is 0 Å². The third kappa shape index (κ3) is 5.45. The third-order valence-corrected chi connectivity index (χ3v) is 2.70. The van der Waals surface area contributed by atoms with Crippen LogP contribution in [0.5, 0.6) is 0 Å². The summed E-state index contributed by atoms with van der Waals surface area (Å²) in [5, 5.41) is 0. The van der Waals surface area contributed by atoms with Crippen LogP contribution in [-0.4, -0.2) is 43.4 Å². The summed E-state index contributed by atoms with van der Waals surface area (Å²) < 4.78 is 114. The Morgan fingerprint density at radius 3 is 1.73 bits per heavy atom. The number of rotatable bonds is 2. The lowest BCUT2D eigenvalue weighted by atomic mass is 10.1. The Kier molecular flexibility index (Phi) is 6.53. The van der Waals surface area contributed by atoms with E-state index >= 15 is 0 Å². The lowest BCUT2D eigenvalue weighted by Crippen LogP contribution is -2.57. The molecule has 2 aliphatic heterocycles. The summed E-state index contributed by atoms with van der Waals surface area (Å²) in [6.45, 7) is -1.04. The number of hydrogen-bond donors (Lipinski definition) is 0. The molecule has 22 heavy (non-hydrogen) atoms. The Morgan fingerprint density at radius 1 is 1.00 bits per heavy atom.